The largest absolute Gasteiger partial charge is 0.508 e. The van der Waals surface area contributed by atoms with Gasteiger partial charge in [0.1, 0.15) is 29.6 Å². The van der Waals surface area contributed by atoms with Crippen molar-refractivity contribution in [1.82, 2.24) is 0 Å². The fourth-order valence-electron chi connectivity index (χ4n) is 1.40. The molecule has 0 aromatic carbocycles. The summed E-state index contributed by atoms with van der Waals surface area (Å²) >= 11 is 0. The molecule has 0 aromatic heterocycles. The number of aliphatic carboxylic acids is 1. The minimum Gasteiger partial charge on any atom is -0.508 e. The summed E-state index contributed by atoms with van der Waals surface area (Å²) in [5.41, 5.74) is -1.05. The molecule has 0 bridgehead atoms. The number of ether oxygens (including phenoxy) is 1. The molecule has 0 aromatic rings. The molecule has 2 aliphatic rings. The summed E-state index contributed by atoms with van der Waals surface area (Å²) in [6, 6.07) is 0. The second kappa shape index (κ2) is 2.30. The Morgan fingerprint density at radius 2 is 2.15 bits per heavy atom. The number of fused-ring (bicyclic) bond motifs is 1. The Morgan fingerprint density at radius 3 is 2.69 bits per heavy atom. The first-order valence-corrected chi connectivity index (χ1v) is 3.62. The van der Waals surface area contributed by atoms with Gasteiger partial charge < -0.3 is 25.5 Å². The first-order valence-electron chi connectivity index (χ1n) is 3.62. The van der Waals surface area contributed by atoms with Gasteiger partial charge in [0.2, 0.25) is 0 Å². The molecule has 1 heterocycles. The number of hydrogen-bond acceptors (Lipinski definition) is 5. The van der Waals surface area contributed by atoms with Gasteiger partial charge in [0.15, 0.2) is 0 Å². The van der Waals surface area contributed by atoms with E-state index in [0.717, 1.165) is 0 Å². The minimum atomic E-state index is -1.42. The molecule has 6 nitrogen and oxygen atoms in total. The van der Waals surface area contributed by atoms with Gasteiger partial charge in [-0.3, -0.25) is 0 Å². The van der Waals surface area contributed by atoms with E-state index in [9.17, 15) is 15.0 Å². The summed E-state index contributed by atoms with van der Waals surface area (Å²) in [5.74, 6) is -1.89. The van der Waals surface area contributed by atoms with Crippen molar-refractivity contribution in [1.29, 1.82) is 5.41 Å². The predicted octanol–water partition coefficient (Wildman–Crippen LogP) is -0.955. The number of carbonyl (C=O) groups is 1. The minimum absolute atomic E-state index is 0.465. The standard InChI is InChI=1S/C7H7NO5/c8-2-1(7(11)12)3(9)5-6(13-5)4(2)10/h4-6,8-10H,(H,11,12)/t4-,5+,6-/m0/s1. The Bertz CT molecular complexity index is 334. The van der Waals surface area contributed by atoms with Gasteiger partial charge in [0.25, 0.3) is 0 Å². The molecule has 4 N–H and O–H groups in total. The van der Waals surface area contributed by atoms with Gasteiger partial charge >= 0.3 is 5.97 Å². The molecule has 0 spiro atoms. The summed E-state index contributed by atoms with van der Waals surface area (Å²) in [4.78, 5) is 10.6. The summed E-state index contributed by atoms with van der Waals surface area (Å²) in [6.07, 6.45) is -2.63. The molecule has 1 fully saturated rings. The van der Waals surface area contributed by atoms with Gasteiger partial charge in [0, 0.05) is 0 Å². The Kier molecular flexibility index (Phi) is 1.45. The van der Waals surface area contributed by atoms with Crippen LogP contribution in [0, 0.1) is 5.41 Å². The van der Waals surface area contributed by atoms with E-state index in [2.05, 4.69) is 0 Å². The topological polar surface area (TPSA) is 114 Å². The fourth-order valence-corrected chi connectivity index (χ4v) is 1.40. The van der Waals surface area contributed by atoms with Crippen LogP contribution in [-0.4, -0.2) is 45.3 Å². The average molecular weight is 185 g/mol. The third-order valence-corrected chi connectivity index (χ3v) is 2.14. The Labute approximate surface area is 72.6 Å². The zero-order valence-electron chi connectivity index (χ0n) is 6.39. The van der Waals surface area contributed by atoms with Crippen molar-refractivity contribution in [3.8, 4) is 0 Å². The first-order chi connectivity index (χ1) is 6.04. The highest BCUT2D eigenvalue weighted by Crippen LogP contribution is 2.37. The van der Waals surface area contributed by atoms with Crippen molar-refractivity contribution in [2.45, 2.75) is 18.3 Å². The molecular weight excluding hydrogens is 178 g/mol. The van der Waals surface area contributed by atoms with E-state index in [-0.39, 0.29) is 0 Å². The lowest BCUT2D eigenvalue weighted by atomic mass is 9.93. The molecule has 1 saturated heterocycles. The van der Waals surface area contributed by atoms with Crippen LogP contribution in [-0.2, 0) is 9.53 Å². The molecule has 13 heavy (non-hydrogen) atoms. The van der Waals surface area contributed by atoms with Gasteiger partial charge in [-0.15, -0.1) is 0 Å². The smallest absolute Gasteiger partial charge is 0.341 e. The highest BCUT2D eigenvalue weighted by atomic mass is 16.6. The number of epoxide rings is 1. The number of aliphatic hydroxyl groups is 2. The summed E-state index contributed by atoms with van der Waals surface area (Å²) < 4.78 is 4.79. The van der Waals surface area contributed by atoms with Crippen LogP contribution in [0.25, 0.3) is 0 Å². The maximum absolute atomic E-state index is 10.6. The van der Waals surface area contributed by atoms with E-state index in [0.29, 0.717) is 0 Å². The second-order valence-electron chi connectivity index (χ2n) is 2.95. The third-order valence-electron chi connectivity index (χ3n) is 2.14. The molecule has 70 valence electrons. The van der Waals surface area contributed by atoms with Crippen LogP contribution >= 0.6 is 0 Å². The van der Waals surface area contributed by atoms with Crippen molar-refractivity contribution in [3.63, 3.8) is 0 Å². The summed E-state index contributed by atoms with van der Waals surface area (Å²) in [7, 11) is 0. The normalized spacial score (nSPS) is 37.3. The van der Waals surface area contributed by atoms with E-state index >= 15 is 0 Å². The number of aliphatic hydroxyl groups excluding tert-OH is 2. The van der Waals surface area contributed by atoms with Gasteiger partial charge in [-0.2, -0.15) is 0 Å². The van der Waals surface area contributed by atoms with E-state index in [1.807, 2.05) is 0 Å². The zero-order chi connectivity index (χ0) is 9.75. The van der Waals surface area contributed by atoms with Crippen LogP contribution in [0.3, 0.4) is 0 Å². The number of carboxylic acid groups (broad SMARTS) is 1. The van der Waals surface area contributed by atoms with Crippen LogP contribution in [0.15, 0.2) is 11.3 Å². The predicted molar refractivity (Wildman–Crippen MR) is 39.7 cm³/mol. The molecule has 0 amide bonds. The SMILES string of the molecule is N=C1C(C(=O)O)=C(O)[C@H]2O[C@H]2[C@H]1O. The molecule has 3 atom stereocenters. The van der Waals surface area contributed by atoms with Crippen LogP contribution in [0.2, 0.25) is 0 Å². The Balaban J connectivity index is 2.45. The van der Waals surface area contributed by atoms with Gasteiger partial charge in [0.05, 0.1) is 5.71 Å². The molecule has 6 heteroatoms. The highest BCUT2D eigenvalue weighted by Gasteiger charge is 2.55. The lowest BCUT2D eigenvalue weighted by Crippen LogP contribution is -2.36. The van der Waals surface area contributed by atoms with E-state index in [1.165, 1.54) is 0 Å². The number of rotatable bonds is 1. The van der Waals surface area contributed by atoms with Crippen LogP contribution < -0.4 is 0 Å². The molecule has 1 aliphatic carbocycles. The molecule has 0 saturated carbocycles. The van der Waals surface area contributed by atoms with Gasteiger partial charge in [-0.05, 0) is 0 Å². The number of nitrogens with one attached hydrogen (secondary N) is 1. The maximum Gasteiger partial charge on any atom is 0.341 e. The maximum atomic E-state index is 10.6. The van der Waals surface area contributed by atoms with Gasteiger partial charge in [-0.1, -0.05) is 0 Å². The van der Waals surface area contributed by atoms with E-state index < -0.39 is 41.3 Å². The lowest BCUT2D eigenvalue weighted by molar-refractivity contribution is -0.132. The van der Waals surface area contributed by atoms with Crippen molar-refractivity contribution in [2.24, 2.45) is 0 Å². The first kappa shape index (κ1) is 8.21. The highest BCUT2D eigenvalue weighted by molar-refractivity contribution is 6.21. The van der Waals surface area contributed by atoms with Crippen molar-refractivity contribution in [3.05, 3.63) is 11.3 Å². The van der Waals surface area contributed by atoms with E-state index in [4.69, 9.17) is 15.3 Å². The van der Waals surface area contributed by atoms with Gasteiger partial charge in [-0.25, -0.2) is 4.79 Å². The third kappa shape index (κ3) is 0.958. The van der Waals surface area contributed by atoms with Crippen molar-refractivity contribution >= 4 is 11.7 Å². The van der Waals surface area contributed by atoms with Crippen molar-refractivity contribution in [2.75, 3.05) is 0 Å². The number of hydrogen-bond donors (Lipinski definition) is 4. The second-order valence-corrected chi connectivity index (χ2v) is 2.95. The quantitative estimate of drug-likeness (QED) is 0.393. The molecule has 1 aliphatic heterocycles. The van der Waals surface area contributed by atoms with Crippen LogP contribution in [0.5, 0.6) is 0 Å². The van der Waals surface area contributed by atoms with Crippen molar-refractivity contribution < 1.29 is 24.9 Å². The molecule has 2 rings (SSSR count). The summed E-state index contributed by atoms with van der Waals surface area (Å²) in [5, 5.41) is 34.4. The molecular formula is C7H7NO5. The average Bonchev–Trinajstić information content (AvgIpc) is 2.79. The molecule has 0 radical (unpaired) electrons. The monoisotopic (exact) mass is 185 g/mol. The summed E-state index contributed by atoms with van der Waals surface area (Å²) in [6.45, 7) is 0. The molecule has 0 unspecified atom stereocenters. The van der Waals surface area contributed by atoms with Crippen LogP contribution in [0.1, 0.15) is 0 Å². The lowest BCUT2D eigenvalue weighted by Gasteiger charge is -2.15. The fraction of sp³-hybridized carbons (Fsp3) is 0.429. The van der Waals surface area contributed by atoms with Crippen LogP contribution in [0.4, 0.5) is 0 Å². The Hall–Kier alpha value is -1.40. The zero-order valence-corrected chi connectivity index (χ0v) is 6.39. The number of carboxylic acids is 1. The Morgan fingerprint density at radius 1 is 1.54 bits per heavy atom. The van der Waals surface area contributed by atoms with E-state index in [1.54, 1.807) is 0 Å².